The molecule has 4 heteroatoms. The van der Waals surface area contributed by atoms with Gasteiger partial charge in [0.05, 0.1) is 6.54 Å². The van der Waals surface area contributed by atoms with Gasteiger partial charge in [-0.2, -0.15) is 0 Å². The van der Waals surface area contributed by atoms with E-state index in [0.29, 0.717) is 5.82 Å². The molecule has 78 valence electrons. The summed E-state index contributed by atoms with van der Waals surface area (Å²) < 4.78 is 24.1. The fourth-order valence-corrected chi connectivity index (χ4v) is 1.43. The lowest BCUT2D eigenvalue weighted by Crippen LogP contribution is -2.11. The largest absolute Gasteiger partial charge is 0.364 e. The Morgan fingerprint density at radius 3 is 2.80 bits per heavy atom. The van der Waals surface area contributed by atoms with Gasteiger partial charge in [-0.3, -0.25) is 0 Å². The molecule has 0 amide bonds. The van der Waals surface area contributed by atoms with Crippen molar-refractivity contribution in [1.82, 2.24) is 4.98 Å². The summed E-state index contributed by atoms with van der Waals surface area (Å²) in [5.41, 5.74) is 0. The molecule has 1 aromatic heterocycles. The van der Waals surface area contributed by atoms with Crippen LogP contribution in [0.25, 0.3) is 10.8 Å². The molecule has 0 fully saturated rings. The lowest BCUT2D eigenvalue weighted by molar-refractivity contribution is 0.163. The number of hydrogen-bond acceptors (Lipinski definition) is 2. The van der Waals surface area contributed by atoms with Crippen LogP contribution in [0.15, 0.2) is 36.5 Å². The second kappa shape index (κ2) is 4.21. The molecule has 0 atom stereocenters. The van der Waals surface area contributed by atoms with Crippen LogP contribution in [0.3, 0.4) is 0 Å². The van der Waals surface area contributed by atoms with E-state index in [-0.39, 0.29) is 6.54 Å². The van der Waals surface area contributed by atoms with Gasteiger partial charge in [-0.1, -0.05) is 24.3 Å². The number of nitrogens with one attached hydrogen (secondary N) is 1. The Morgan fingerprint density at radius 2 is 2.00 bits per heavy atom. The van der Waals surface area contributed by atoms with E-state index in [4.69, 9.17) is 0 Å². The van der Waals surface area contributed by atoms with Crippen molar-refractivity contribution in [2.24, 2.45) is 0 Å². The fraction of sp³-hybridized carbons (Fsp3) is 0.182. The molecule has 2 nitrogen and oxygen atoms in total. The number of fused-ring (bicyclic) bond motifs is 1. The zero-order valence-electron chi connectivity index (χ0n) is 7.95. The number of anilines is 1. The highest BCUT2D eigenvalue weighted by molar-refractivity contribution is 5.91. The van der Waals surface area contributed by atoms with Crippen molar-refractivity contribution in [3.05, 3.63) is 36.5 Å². The van der Waals surface area contributed by atoms with Crippen molar-refractivity contribution in [3.63, 3.8) is 0 Å². The molecule has 2 rings (SSSR count). The summed E-state index contributed by atoms with van der Waals surface area (Å²) >= 11 is 0. The first kappa shape index (κ1) is 9.83. The molecule has 1 aromatic carbocycles. The lowest BCUT2D eigenvalue weighted by Gasteiger charge is -2.07. The predicted octanol–water partition coefficient (Wildman–Crippen LogP) is 2.91. The molecule has 0 aliphatic heterocycles. The predicted molar refractivity (Wildman–Crippen MR) is 56.2 cm³/mol. The van der Waals surface area contributed by atoms with Crippen LogP contribution in [0, 0.1) is 0 Å². The lowest BCUT2D eigenvalue weighted by atomic mass is 10.1. The minimum absolute atomic E-state index is 0.374. The van der Waals surface area contributed by atoms with Gasteiger partial charge in [0.1, 0.15) is 5.82 Å². The monoisotopic (exact) mass is 208 g/mol. The number of halogens is 2. The molecule has 1 N–H and O–H groups in total. The summed E-state index contributed by atoms with van der Waals surface area (Å²) in [5, 5.41) is 4.48. The van der Waals surface area contributed by atoms with E-state index >= 15 is 0 Å². The van der Waals surface area contributed by atoms with Gasteiger partial charge in [0, 0.05) is 11.6 Å². The van der Waals surface area contributed by atoms with E-state index in [1.54, 1.807) is 6.20 Å². The zero-order chi connectivity index (χ0) is 10.7. The Labute approximate surface area is 85.9 Å². The first-order valence-corrected chi connectivity index (χ1v) is 4.63. The first-order valence-electron chi connectivity index (χ1n) is 4.63. The summed E-state index contributed by atoms with van der Waals surface area (Å²) in [4.78, 5) is 4.03. The number of aromatic nitrogens is 1. The topological polar surface area (TPSA) is 24.9 Å². The number of rotatable bonds is 3. The van der Waals surface area contributed by atoms with Crippen LogP contribution in [0.4, 0.5) is 14.6 Å². The Hall–Kier alpha value is -1.71. The van der Waals surface area contributed by atoms with E-state index in [0.717, 1.165) is 10.8 Å². The third kappa shape index (κ3) is 2.21. The molecule has 2 aromatic rings. The minimum atomic E-state index is -2.37. The third-order valence-corrected chi connectivity index (χ3v) is 2.10. The van der Waals surface area contributed by atoms with Gasteiger partial charge < -0.3 is 5.32 Å². The van der Waals surface area contributed by atoms with E-state index < -0.39 is 6.43 Å². The van der Waals surface area contributed by atoms with Crippen LogP contribution in [-0.4, -0.2) is 18.0 Å². The number of nitrogens with zero attached hydrogens (tertiary/aromatic N) is 1. The van der Waals surface area contributed by atoms with Crippen molar-refractivity contribution in [3.8, 4) is 0 Å². The fourth-order valence-electron chi connectivity index (χ4n) is 1.43. The van der Waals surface area contributed by atoms with E-state index in [1.807, 2.05) is 30.3 Å². The van der Waals surface area contributed by atoms with Crippen LogP contribution in [0.1, 0.15) is 0 Å². The van der Waals surface area contributed by atoms with Gasteiger partial charge in [0.25, 0.3) is 6.43 Å². The van der Waals surface area contributed by atoms with Crippen LogP contribution >= 0.6 is 0 Å². The van der Waals surface area contributed by atoms with Crippen molar-refractivity contribution in [1.29, 1.82) is 0 Å². The molecule has 0 saturated carbocycles. The number of benzene rings is 1. The van der Waals surface area contributed by atoms with Crippen molar-refractivity contribution >= 4 is 16.6 Å². The molecule has 0 saturated heterocycles. The molecule has 15 heavy (non-hydrogen) atoms. The average Bonchev–Trinajstić information content (AvgIpc) is 2.26. The maximum absolute atomic E-state index is 12.0. The third-order valence-electron chi connectivity index (χ3n) is 2.10. The minimum Gasteiger partial charge on any atom is -0.364 e. The Morgan fingerprint density at radius 1 is 1.20 bits per heavy atom. The summed E-state index contributed by atoms with van der Waals surface area (Å²) in [6.07, 6.45) is -0.762. The normalized spacial score (nSPS) is 10.9. The highest BCUT2D eigenvalue weighted by Crippen LogP contribution is 2.20. The first-order chi connectivity index (χ1) is 7.27. The Bertz CT molecular complexity index is 452. The number of alkyl halides is 2. The summed E-state index contributed by atoms with van der Waals surface area (Å²) in [5.74, 6) is 0.508. The summed E-state index contributed by atoms with van der Waals surface area (Å²) in [6.45, 7) is -0.374. The molecule has 0 bridgehead atoms. The molecule has 0 radical (unpaired) electrons. The Kier molecular flexibility index (Phi) is 2.76. The quantitative estimate of drug-likeness (QED) is 0.838. The van der Waals surface area contributed by atoms with E-state index in [2.05, 4.69) is 10.3 Å². The standard InChI is InChI=1S/C11H10F2N2/c12-10(13)7-15-11-9-4-2-1-3-8(9)5-6-14-11/h1-6,10H,7H2,(H,14,15). The van der Waals surface area contributed by atoms with Gasteiger partial charge in [0.2, 0.25) is 0 Å². The molecule has 1 heterocycles. The van der Waals surface area contributed by atoms with Gasteiger partial charge in [-0.15, -0.1) is 0 Å². The Balaban J connectivity index is 2.34. The molecular formula is C11H10F2N2. The second-order valence-electron chi connectivity index (χ2n) is 3.15. The van der Waals surface area contributed by atoms with E-state index in [9.17, 15) is 8.78 Å². The number of hydrogen-bond donors (Lipinski definition) is 1. The molecule has 0 aliphatic carbocycles. The highest BCUT2D eigenvalue weighted by atomic mass is 19.3. The molecular weight excluding hydrogens is 198 g/mol. The van der Waals surface area contributed by atoms with Gasteiger partial charge >= 0.3 is 0 Å². The van der Waals surface area contributed by atoms with E-state index in [1.165, 1.54) is 0 Å². The number of pyridine rings is 1. The van der Waals surface area contributed by atoms with Crippen LogP contribution < -0.4 is 5.32 Å². The smallest absolute Gasteiger partial charge is 0.255 e. The van der Waals surface area contributed by atoms with Crippen molar-refractivity contribution in [2.45, 2.75) is 6.43 Å². The molecule has 0 aliphatic rings. The van der Waals surface area contributed by atoms with Gasteiger partial charge in [-0.05, 0) is 11.5 Å². The van der Waals surface area contributed by atoms with Gasteiger partial charge in [0.15, 0.2) is 0 Å². The van der Waals surface area contributed by atoms with Crippen molar-refractivity contribution < 1.29 is 8.78 Å². The SMILES string of the molecule is FC(F)CNc1nccc2ccccc12. The molecule has 0 spiro atoms. The van der Waals surface area contributed by atoms with Gasteiger partial charge in [-0.25, -0.2) is 13.8 Å². The highest BCUT2D eigenvalue weighted by Gasteiger charge is 2.04. The molecule has 0 unspecified atom stereocenters. The van der Waals surface area contributed by atoms with Crippen LogP contribution in [0.2, 0.25) is 0 Å². The average molecular weight is 208 g/mol. The maximum atomic E-state index is 12.0. The van der Waals surface area contributed by atoms with Crippen LogP contribution in [0.5, 0.6) is 0 Å². The second-order valence-corrected chi connectivity index (χ2v) is 3.15. The zero-order valence-corrected chi connectivity index (χ0v) is 7.95. The summed E-state index contributed by atoms with van der Waals surface area (Å²) in [6, 6.07) is 9.39. The summed E-state index contributed by atoms with van der Waals surface area (Å²) in [7, 11) is 0. The maximum Gasteiger partial charge on any atom is 0.255 e. The van der Waals surface area contributed by atoms with Crippen molar-refractivity contribution in [2.75, 3.05) is 11.9 Å². The van der Waals surface area contributed by atoms with Crippen LogP contribution in [-0.2, 0) is 0 Å².